The quantitative estimate of drug-likeness (QED) is 0.545. The number of fused-ring (bicyclic) bond motifs is 1. The summed E-state index contributed by atoms with van der Waals surface area (Å²) in [5.41, 5.74) is 7.29. The van der Waals surface area contributed by atoms with E-state index >= 15 is 0 Å². The second-order valence-corrected chi connectivity index (χ2v) is 7.21. The smallest absolute Gasteiger partial charge is 0.276 e. The largest absolute Gasteiger partial charge is 0.488 e. The molecule has 6 nitrogen and oxygen atoms in total. The molecule has 2 N–H and O–H groups in total. The standard InChI is InChI=1S/C23H20ClN3O3/c1-15-13-29-22-11-20(24)17(10-19(15)22)14-30-27-23(28)18-4-2-3-5-21(18)26-12-16-6-8-25-9-7-16/h2-11,26H,1,12-14H2,(H,27,28). The van der Waals surface area contributed by atoms with E-state index in [0.717, 1.165) is 22.3 Å². The Balaban J connectivity index is 1.38. The van der Waals surface area contributed by atoms with Crippen molar-refractivity contribution >= 4 is 28.8 Å². The van der Waals surface area contributed by atoms with Crippen LogP contribution in [0.15, 0.2) is 67.5 Å². The third kappa shape index (κ3) is 4.45. The molecule has 3 aromatic rings. The van der Waals surface area contributed by atoms with Crippen molar-refractivity contribution in [1.29, 1.82) is 0 Å². The summed E-state index contributed by atoms with van der Waals surface area (Å²) in [5.74, 6) is 0.366. The molecular weight excluding hydrogens is 402 g/mol. The SMILES string of the molecule is C=C1COc2cc(Cl)c(CONC(=O)c3ccccc3NCc3ccncc3)cc21. The van der Waals surface area contributed by atoms with E-state index < -0.39 is 0 Å². The Morgan fingerprint density at radius 3 is 2.83 bits per heavy atom. The number of rotatable bonds is 7. The zero-order valence-electron chi connectivity index (χ0n) is 16.2. The van der Waals surface area contributed by atoms with E-state index in [1.165, 1.54) is 0 Å². The van der Waals surface area contributed by atoms with Gasteiger partial charge in [0, 0.05) is 35.2 Å². The van der Waals surface area contributed by atoms with E-state index in [-0.39, 0.29) is 12.5 Å². The minimum atomic E-state index is -0.349. The van der Waals surface area contributed by atoms with Crippen molar-refractivity contribution in [3.63, 3.8) is 0 Å². The maximum atomic E-state index is 12.6. The Kier molecular flexibility index (Phi) is 5.97. The Morgan fingerprint density at radius 2 is 2.00 bits per heavy atom. The van der Waals surface area contributed by atoms with Gasteiger partial charge in [-0.1, -0.05) is 30.3 Å². The molecule has 0 radical (unpaired) electrons. The molecule has 4 rings (SSSR count). The van der Waals surface area contributed by atoms with Crippen LogP contribution in [0.5, 0.6) is 5.75 Å². The number of anilines is 1. The van der Waals surface area contributed by atoms with Gasteiger partial charge in [0.2, 0.25) is 0 Å². The fourth-order valence-electron chi connectivity index (χ4n) is 3.12. The summed E-state index contributed by atoms with van der Waals surface area (Å²) in [6.45, 7) is 5.13. The summed E-state index contributed by atoms with van der Waals surface area (Å²) < 4.78 is 5.51. The van der Waals surface area contributed by atoms with Gasteiger partial charge in [0.05, 0.1) is 5.56 Å². The van der Waals surface area contributed by atoms with Crippen molar-refractivity contribution < 1.29 is 14.4 Å². The number of ether oxygens (including phenoxy) is 1. The molecule has 1 aromatic heterocycles. The van der Waals surface area contributed by atoms with Gasteiger partial charge in [-0.05, 0) is 53.1 Å². The van der Waals surface area contributed by atoms with Gasteiger partial charge in [-0.3, -0.25) is 14.6 Å². The van der Waals surface area contributed by atoms with E-state index in [0.29, 0.717) is 35.2 Å². The van der Waals surface area contributed by atoms with Crippen molar-refractivity contribution in [2.24, 2.45) is 0 Å². The van der Waals surface area contributed by atoms with Gasteiger partial charge in [0.15, 0.2) is 0 Å². The number of nitrogens with zero attached hydrogens (tertiary/aromatic N) is 1. The number of halogens is 1. The molecule has 152 valence electrons. The molecular formula is C23H20ClN3O3. The van der Waals surface area contributed by atoms with Crippen molar-refractivity contribution in [2.75, 3.05) is 11.9 Å². The Hall–Kier alpha value is -3.35. The predicted molar refractivity (Wildman–Crippen MR) is 116 cm³/mol. The fourth-order valence-corrected chi connectivity index (χ4v) is 3.32. The summed E-state index contributed by atoms with van der Waals surface area (Å²) in [7, 11) is 0. The lowest BCUT2D eigenvalue weighted by Gasteiger charge is -2.13. The molecule has 0 unspecified atom stereocenters. The van der Waals surface area contributed by atoms with Crippen LogP contribution >= 0.6 is 11.6 Å². The Bertz CT molecular complexity index is 1090. The minimum absolute atomic E-state index is 0.123. The van der Waals surface area contributed by atoms with Gasteiger partial charge in [-0.25, -0.2) is 5.48 Å². The van der Waals surface area contributed by atoms with Crippen LogP contribution in [0.3, 0.4) is 0 Å². The third-order valence-corrected chi connectivity index (χ3v) is 5.08. The second kappa shape index (κ2) is 8.98. The van der Waals surface area contributed by atoms with E-state index in [1.807, 2.05) is 30.3 Å². The molecule has 7 heteroatoms. The predicted octanol–water partition coefficient (Wildman–Crippen LogP) is 4.61. The van der Waals surface area contributed by atoms with Crippen molar-refractivity contribution in [3.8, 4) is 5.75 Å². The summed E-state index contributed by atoms with van der Waals surface area (Å²) in [4.78, 5) is 22.1. The second-order valence-electron chi connectivity index (χ2n) is 6.81. The highest BCUT2D eigenvalue weighted by atomic mass is 35.5. The van der Waals surface area contributed by atoms with Crippen LogP contribution in [0.1, 0.15) is 27.0 Å². The first-order valence-electron chi connectivity index (χ1n) is 9.39. The van der Waals surface area contributed by atoms with Gasteiger partial charge >= 0.3 is 0 Å². The number of hydrogen-bond acceptors (Lipinski definition) is 5. The maximum Gasteiger partial charge on any atom is 0.276 e. The average molecular weight is 422 g/mol. The number of carbonyl (C=O) groups is 1. The molecule has 0 saturated heterocycles. The first-order valence-corrected chi connectivity index (χ1v) is 9.77. The summed E-state index contributed by atoms with van der Waals surface area (Å²) >= 11 is 6.30. The zero-order chi connectivity index (χ0) is 20.9. The molecule has 1 amide bonds. The number of para-hydroxylation sites is 1. The lowest BCUT2D eigenvalue weighted by atomic mass is 10.1. The Labute approximate surface area is 179 Å². The van der Waals surface area contributed by atoms with Crippen LogP contribution in [0.25, 0.3) is 5.57 Å². The molecule has 2 aromatic carbocycles. The Morgan fingerprint density at radius 1 is 1.20 bits per heavy atom. The normalized spacial score (nSPS) is 12.2. The van der Waals surface area contributed by atoms with Crippen LogP contribution in [-0.4, -0.2) is 17.5 Å². The van der Waals surface area contributed by atoms with Gasteiger partial charge < -0.3 is 10.1 Å². The zero-order valence-corrected chi connectivity index (χ0v) is 16.9. The van der Waals surface area contributed by atoms with Gasteiger partial charge in [-0.15, -0.1) is 0 Å². The van der Waals surface area contributed by atoms with Crippen molar-refractivity contribution in [3.05, 3.63) is 94.8 Å². The summed E-state index contributed by atoms with van der Waals surface area (Å²) in [6, 6.07) is 14.7. The molecule has 0 saturated carbocycles. The molecule has 1 aliphatic heterocycles. The molecule has 0 spiro atoms. The minimum Gasteiger partial charge on any atom is -0.488 e. The van der Waals surface area contributed by atoms with Crippen molar-refractivity contribution in [2.45, 2.75) is 13.2 Å². The van der Waals surface area contributed by atoms with Crippen LogP contribution in [0.4, 0.5) is 5.69 Å². The summed E-state index contributed by atoms with van der Waals surface area (Å²) in [6.07, 6.45) is 3.46. The molecule has 2 heterocycles. The monoisotopic (exact) mass is 421 g/mol. The molecule has 1 aliphatic rings. The lowest BCUT2D eigenvalue weighted by Crippen LogP contribution is -2.24. The number of hydrogen-bond donors (Lipinski definition) is 2. The first kappa shape index (κ1) is 19.9. The van der Waals surface area contributed by atoms with Crippen LogP contribution in [-0.2, 0) is 18.0 Å². The highest BCUT2D eigenvalue weighted by Crippen LogP contribution is 2.36. The van der Waals surface area contributed by atoms with Gasteiger partial charge in [0.25, 0.3) is 5.91 Å². The molecule has 0 aliphatic carbocycles. The van der Waals surface area contributed by atoms with E-state index in [2.05, 4.69) is 22.4 Å². The third-order valence-electron chi connectivity index (χ3n) is 4.73. The first-order chi connectivity index (χ1) is 14.6. The van der Waals surface area contributed by atoms with Crippen LogP contribution in [0, 0.1) is 0 Å². The highest BCUT2D eigenvalue weighted by Gasteiger charge is 2.19. The number of amides is 1. The molecule has 30 heavy (non-hydrogen) atoms. The maximum absolute atomic E-state index is 12.6. The van der Waals surface area contributed by atoms with Gasteiger partial charge in [0.1, 0.15) is 19.0 Å². The lowest BCUT2D eigenvalue weighted by molar-refractivity contribution is 0.0234. The fraction of sp³-hybridized carbons (Fsp3) is 0.130. The molecule has 0 fully saturated rings. The average Bonchev–Trinajstić information content (AvgIpc) is 3.12. The number of carbonyl (C=O) groups excluding carboxylic acids is 1. The van der Waals surface area contributed by atoms with Crippen LogP contribution < -0.4 is 15.5 Å². The molecule has 0 atom stereocenters. The highest BCUT2D eigenvalue weighted by molar-refractivity contribution is 6.31. The topological polar surface area (TPSA) is 72.5 Å². The van der Waals surface area contributed by atoms with Crippen LogP contribution in [0.2, 0.25) is 5.02 Å². The number of hydroxylamine groups is 1. The number of pyridine rings is 1. The van der Waals surface area contributed by atoms with E-state index in [1.54, 1.807) is 30.6 Å². The van der Waals surface area contributed by atoms with Gasteiger partial charge in [-0.2, -0.15) is 0 Å². The number of benzene rings is 2. The van der Waals surface area contributed by atoms with Crippen molar-refractivity contribution in [1.82, 2.24) is 10.5 Å². The summed E-state index contributed by atoms with van der Waals surface area (Å²) in [5, 5.41) is 3.78. The number of aromatic nitrogens is 1. The number of nitrogens with one attached hydrogen (secondary N) is 2. The molecule has 0 bridgehead atoms. The van der Waals surface area contributed by atoms with E-state index in [9.17, 15) is 4.79 Å². The van der Waals surface area contributed by atoms with E-state index in [4.69, 9.17) is 21.2 Å².